The van der Waals surface area contributed by atoms with Crippen LogP contribution in [-0.4, -0.2) is 45.0 Å². The van der Waals surface area contributed by atoms with Crippen molar-refractivity contribution < 1.29 is 28.6 Å². The average Bonchev–Trinajstić information content (AvgIpc) is 2.94. The van der Waals surface area contributed by atoms with Crippen LogP contribution in [0.2, 0.25) is 5.02 Å². The largest absolute Gasteiger partial charge is 0.495 e. The van der Waals surface area contributed by atoms with Crippen LogP contribution in [-0.2, 0) is 19.1 Å². The van der Waals surface area contributed by atoms with Gasteiger partial charge in [-0.3, -0.25) is 14.4 Å². The van der Waals surface area contributed by atoms with Gasteiger partial charge in [0.2, 0.25) is 5.91 Å². The molecule has 0 spiro atoms. The molecule has 1 aliphatic rings. The number of hydrogen-bond acceptors (Lipinski definition) is 6. The predicted molar refractivity (Wildman–Crippen MR) is 86.7 cm³/mol. The van der Waals surface area contributed by atoms with Crippen LogP contribution in [0.5, 0.6) is 11.5 Å². The number of halogens is 1. The molecular weight excluding hydrogens is 338 g/mol. The van der Waals surface area contributed by atoms with Crippen LogP contribution in [0.25, 0.3) is 0 Å². The van der Waals surface area contributed by atoms with E-state index in [1.54, 1.807) is 12.1 Å². The summed E-state index contributed by atoms with van der Waals surface area (Å²) in [5.41, 5.74) is 0.454. The first-order valence-corrected chi connectivity index (χ1v) is 7.63. The summed E-state index contributed by atoms with van der Waals surface area (Å²) in [5.74, 6) is -0.891. The van der Waals surface area contributed by atoms with Gasteiger partial charge in [0.25, 0.3) is 0 Å². The van der Waals surface area contributed by atoms with Crippen molar-refractivity contribution in [1.82, 2.24) is 0 Å². The number of Topliss-reactive ketones (excluding diaryl/α,β-unsaturated/α-hetero) is 1. The van der Waals surface area contributed by atoms with Crippen LogP contribution in [0.4, 0.5) is 5.69 Å². The van der Waals surface area contributed by atoms with Crippen molar-refractivity contribution in [2.45, 2.75) is 13.3 Å². The molecule has 1 heterocycles. The second kappa shape index (κ2) is 7.53. The van der Waals surface area contributed by atoms with Crippen LogP contribution in [0.15, 0.2) is 12.1 Å². The monoisotopic (exact) mass is 355 g/mol. The third-order valence-corrected chi connectivity index (χ3v) is 3.92. The number of methoxy groups -OCH3 is 2. The Kier molecular flexibility index (Phi) is 5.66. The number of carbonyl (C=O) groups is 3. The summed E-state index contributed by atoms with van der Waals surface area (Å²) in [6.07, 6.45) is 0.00351. The molecule has 2 rings (SSSR count). The van der Waals surface area contributed by atoms with Crippen molar-refractivity contribution in [3.05, 3.63) is 17.2 Å². The minimum atomic E-state index is -0.637. The maximum Gasteiger partial charge on any atom is 0.311 e. The lowest BCUT2D eigenvalue weighted by Gasteiger charge is -2.20. The van der Waals surface area contributed by atoms with Gasteiger partial charge in [0.15, 0.2) is 5.78 Å². The van der Waals surface area contributed by atoms with E-state index in [4.69, 9.17) is 25.8 Å². The van der Waals surface area contributed by atoms with Gasteiger partial charge in [-0.25, -0.2) is 0 Å². The van der Waals surface area contributed by atoms with E-state index in [-0.39, 0.29) is 31.3 Å². The van der Waals surface area contributed by atoms with Gasteiger partial charge in [-0.05, 0) is 13.0 Å². The Hall–Kier alpha value is -2.28. The van der Waals surface area contributed by atoms with Gasteiger partial charge < -0.3 is 19.1 Å². The molecule has 1 aliphatic heterocycles. The van der Waals surface area contributed by atoms with Crippen LogP contribution < -0.4 is 14.4 Å². The Morgan fingerprint density at radius 1 is 1.25 bits per heavy atom. The molecule has 24 heavy (non-hydrogen) atoms. The molecule has 0 N–H and O–H groups in total. The van der Waals surface area contributed by atoms with Crippen molar-refractivity contribution in [2.24, 2.45) is 5.92 Å². The smallest absolute Gasteiger partial charge is 0.311 e. The Morgan fingerprint density at radius 3 is 2.50 bits per heavy atom. The van der Waals surface area contributed by atoms with Crippen LogP contribution in [0, 0.1) is 5.92 Å². The number of ether oxygens (including phenoxy) is 3. The Labute approximate surface area is 144 Å². The number of hydrogen-bond donors (Lipinski definition) is 0. The van der Waals surface area contributed by atoms with E-state index >= 15 is 0 Å². The minimum Gasteiger partial charge on any atom is -0.495 e. The first kappa shape index (κ1) is 18.1. The highest BCUT2D eigenvalue weighted by Crippen LogP contribution is 2.40. The highest BCUT2D eigenvalue weighted by Gasteiger charge is 2.37. The Balaban J connectivity index is 2.21. The number of carbonyl (C=O) groups excluding carboxylic acids is 3. The van der Waals surface area contributed by atoms with E-state index in [1.807, 2.05) is 0 Å². The maximum atomic E-state index is 12.3. The fraction of sp³-hybridized carbons (Fsp3) is 0.438. The lowest BCUT2D eigenvalue weighted by Crippen LogP contribution is -2.27. The van der Waals surface area contributed by atoms with Gasteiger partial charge in [0, 0.05) is 19.0 Å². The number of esters is 1. The summed E-state index contributed by atoms with van der Waals surface area (Å²) in [7, 11) is 2.94. The summed E-state index contributed by atoms with van der Waals surface area (Å²) in [5, 5.41) is 0.323. The fourth-order valence-corrected chi connectivity index (χ4v) is 2.68. The van der Waals surface area contributed by atoms with Crippen molar-refractivity contribution in [3.63, 3.8) is 0 Å². The van der Waals surface area contributed by atoms with Crippen molar-refractivity contribution in [2.75, 3.05) is 32.3 Å². The molecule has 1 atom stereocenters. The fourth-order valence-electron chi connectivity index (χ4n) is 2.44. The van der Waals surface area contributed by atoms with Gasteiger partial charge in [-0.1, -0.05) is 11.6 Å². The number of amides is 1. The number of nitrogens with zero attached hydrogens (tertiary/aromatic N) is 1. The maximum absolute atomic E-state index is 12.3. The zero-order valence-electron chi connectivity index (χ0n) is 13.6. The standard InChI is InChI=1S/C16H18ClNO6/c1-9(19)8-24-16(21)10-4-15(20)18(7-10)12-5-11(17)13(22-2)6-14(12)23-3/h5-6,10H,4,7-8H2,1-3H3. The van der Waals surface area contributed by atoms with Gasteiger partial charge in [0.1, 0.15) is 18.1 Å². The topological polar surface area (TPSA) is 82.1 Å². The first-order valence-electron chi connectivity index (χ1n) is 7.25. The summed E-state index contributed by atoms with van der Waals surface area (Å²) in [4.78, 5) is 36.6. The van der Waals surface area contributed by atoms with E-state index in [0.717, 1.165) is 0 Å². The minimum absolute atomic E-state index is 0.00351. The van der Waals surface area contributed by atoms with Gasteiger partial charge in [-0.2, -0.15) is 0 Å². The van der Waals surface area contributed by atoms with Crippen LogP contribution in [0.3, 0.4) is 0 Å². The lowest BCUT2D eigenvalue weighted by atomic mass is 10.1. The molecule has 1 aromatic rings. The molecule has 7 nitrogen and oxygen atoms in total. The predicted octanol–water partition coefficient (Wildman–Crippen LogP) is 1.84. The van der Waals surface area contributed by atoms with E-state index < -0.39 is 11.9 Å². The molecule has 1 saturated heterocycles. The molecule has 1 amide bonds. The molecule has 0 aliphatic carbocycles. The van der Waals surface area contributed by atoms with Gasteiger partial charge in [-0.15, -0.1) is 0 Å². The molecule has 8 heteroatoms. The molecule has 0 saturated carbocycles. The van der Waals surface area contributed by atoms with Crippen LogP contribution >= 0.6 is 11.6 Å². The molecule has 1 fully saturated rings. The Bertz CT molecular complexity index is 675. The summed E-state index contributed by atoms with van der Waals surface area (Å²) < 4.78 is 15.3. The second-order valence-corrected chi connectivity index (χ2v) is 5.78. The second-order valence-electron chi connectivity index (χ2n) is 5.37. The van der Waals surface area contributed by atoms with E-state index in [1.165, 1.54) is 26.0 Å². The van der Waals surface area contributed by atoms with Gasteiger partial charge >= 0.3 is 5.97 Å². The van der Waals surface area contributed by atoms with E-state index in [9.17, 15) is 14.4 Å². The average molecular weight is 356 g/mol. The highest BCUT2D eigenvalue weighted by molar-refractivity contribution is 6.32. The van der Waals surface area contributed by atoms with Crippen molar-refractivity contribution in [3.8, 4) is 11.5 Å². The zero-order valence-corrected chi connectivity index (χ0v) is 14.4. The molecule has 0 bridgehead atoms. The molecular formula is C16H18ClNO6. The number of anilines is 1. The van der Waals surface area contributed by atoms with E-state index in [0.29, 0.717) is 22.2 Å². The molecule has 130 valence electrons. The lowest BCUT2D eigenvalue weighted by molar-refractivity contribution is -0.151. The SMILES string of the molecule is COc1cc(OC)c(N2CC(C(=O)OCC(C)=O)CC2=O)cc1Cl. The third-order valence-electron chi connectivity index (χ3n) is 3.62. The number of benzene rings is 1. The normalized spacial score (nSPS) is 16.9. The molecule has 1 aromatic carbocycles. The molecule has 0 aromatic heterocycles. The Morgan fingerprint density at radius 2 is 1.92 bits per heavy atom. The summed E-state index contributed by atoms with van der Waals surface area (Å²) in [6, 6.07) is 3.13. The molecule has 1 unspecified atom stereocenters. The first-order chi connectivity index (χ1) is 11.4. The van der Waals surface area contributed by atoms with Gasteiger partial charge in [0.05, 0.1) is 30.8 Å². The molecule has 0 radical (unpaired) electrons. The quantitative estimate of drug-likeness (QED) is 0.724. The van der Waals surface area contributed by atoms with E-state index in [2.05, 4.69) is 0 Å². The number of rotatable bonds is 6. The highest BCUT2D eigenvalue weighted by atomic mass is 35.5. The zero-order chi connectivity index (χ0) is 17.9. The van der Waals surface area contributed by atoms with Crippen LogP contribution in [0.1, 0.15) is 13.3 Å². The summed E-state index contributed by atoms with van der Waals surface area (Å²) in [6.45, 7) is 1.17. The van der Waals surface area contributed by atoms with Crippen molar-refractivity contribution in [1.29, 1.82) is 0 Å². The number of ketones is 1. The third kappa shape index (κ3) is 3.79. The summed E-state index contributed by atoms with van der Waals surface area (Å²) >= 11 is 6.12. The van der Waals surface area contributed by atoms with Crippen molar-refractivity contribution >= 4 is 34.9 Å².